The molecule has 0 radical (unpaired) electrons. The summed E-state index contributed by atoms with van der Waals surface area (Å²) in [4.78, 5) is 92.8. The molecule has 12 N–H and O–H groups in total. The molecule has 0 aromatic carbocycles. The van der Waals surface area contributed by atoms with Crippen LogP contribution >= 0.6 is 0 Å². The van der Waals surface area contributed by atoms with E-state index in [2.05, 4.69) is 10.6 Å². The van der Waals surface area contributed by atoms with Crippen LogP contribution in [0.2, 0.25) is 0 Å². The average Bonchev–Trinajstić information content (AvgIpc) is 2.75. The molecule has 0 aliphatic heterocycles. The fraction of sp³-hybridized carbons (Fsp3) is 0.579. The zero-order valence-corrected chi connectivity index (χ0v) is 19.1. The number of nitrogens with one attached hydrogen (secondary N) is 3. The van der Waals surface area contributed by atoms with E-state index >= 15 is 0 Å². The highest BCUT2D eigenvalue weighted by Crippen LogP contribution is 2.05. The third-order valence-electron chi connectivity index (χ3n) is 4.62. The van der Waals surface area contributed by atoms with Crippen molar-refractivity contribution in [3.05, 3.63) is 0 Å². The molecule has 17 nitrogen and oxygen atoms in total. The van der Waals surface area contributed by atoms with Crippen LogP contribution in [0.5, 0.6) is 0 Å². The Hall–Kier alpha value is -4.28. The molecule has 0 aromatic heterocycles. The van der Waals surface area contributed by atoms with Gasteiger partial charge >= 0.3 is 17.9 Å². The number of carbonyl (C=O) groups is 8. The fourth-order valence-electron chi connectivity index (χ4n) is 2.73. The van der Waals surface area contributed by atoms with Crippen LogP contribution in [-0.2, 0) is 38.4 Å². The lowest BCUT2D eigenvalue weighted by Crippen LogP contribution is -2.57. The minimum absolute atomic E-state index is 0.172. The minimum atomic E-state index is -1.77. The van der Waals surface area contributed by atoms with Gasteiger partial charge in [0, 0.05) is 19.3 Å². The Bertz CT molecular complexity index is 878. The molecular weight excluding hydrogens is 488 g/mol. The number of hydrogen-bond acceptors (Lipinski definition) is 9. The van der Waals surface area contributed by atoms with Crippen LogP contribution in [0.25, 0.3) is 0 Å². The molecule has 0 fully saturated rings. The highest BCUT2D eigenvalue weighted by Gasteiger charge is 2.31. The lowest BCUT2D eigenvalue weighted by atomic mass is 10.1. The summed E-state index contributed by atoms with van der Waals surface area (Å²) >= 11 is 0. The van der Waals surface area contributed by atoms with Gasteiger partial charge in [-0.3, -0.25) is 33.6 Å². The molecule has 36 heavy (non-hydrogen) atoms. The Labute approximate surface area is 204 Å². The second-order valence-corrected chi connectivity index (χ2v) is 7.67. The molecule has 0 aliphatic rings. The number of carboxylic acids is 3. The predicted octanol–water partition coefficient (Wildman–Crippen LogP) is -4.28. The van der Waals surface area contributed by atoms with Gasteiger partial charge in [0.15, 0.2) is 0 Å². The number of aliphatic carboxylic acids is 3. The van der Waals surface area contributed by atoms with E-state index in [1.165, 1.54) is 0 Å². The summed E-state index contributed by atoms with van der Waals surface area (Å²) in [6.45, 7) is 0. The molecule has 202 valence electrons. The average molecular weight is 518 g/mol. The molecule has 0 aromatic rings. The van der Waals surface area contributed by atoms with Gasteiger partial charge in [0.2, 0.25) is 29.5 Å². The molecular formula is C19H30N6O11. The van der Waals surface area contributed by atoms with Crippen molar-refractivity contribution >= 4 is 47.4 Å². The van der Waals surface area contributed by atoms with E-state index in [1.807, 2.05) is 5.32 Å². The third kappa shape index (κ3) is 13.4. The summed E-state index contributed by atoms with van der Waals surface area (Å²) in [5, 5.41) is 33.3. The van der Waals surface area contributed by atoms with Crippen LogP contribution in [0.15, 0.2) is 0 Å². The Kier molecular flexibility index (Phi) is 13.7. The molecule has 0 spiro atoms. The molecule has 4 unspecified atom stereocenters. The summed E-state index contributed by atoms with van der Waals surface area (Å²) in [6.07, 6.45) is -3.42. The highest BCUT2D eigenvalue weighted by atomic mass is 16.4. The largest absolute Gasteiger partial charge is 0.481 e. The second-order valence-electron chi connectivity index (χ2n) is 7.67. The van der Waals surface area contributed by atoms with Gasteiger partial charge in [-0.25, -0.2) is 4.79 Å². The van der Waals surface area contributed by atoms with E-state index in [-0.39, 0.29) is 12.8 Å². The van der Waals surface area contributed by atoms with Crippen molar-refractivity contribution in [2.45, 2.75) is 69.1 Å². The topological polar surface area (TPSA) is 311 Å². The Morgan fingerprint density at radius 1 is 0.583 bits per heavy atom. The SMILES string of the molecule is NC(=O)CCC(N)C(=O)NC(CCC(=O)O)C(=O)NC(CCC(=O)O)C(=O)NC(CC(N)=O)C(=O)O. The highest BCUT2D eigenvalue weighted by molar-refractivity contribution is 5.95. The van der Waals surface area contributed by atoms with Gasteiger partial charge < -0.3 is 48.5 Å². The molecule has 0 saturated heterocycles. The molecule has 0 aliphatic carbocycles. The summed E-state index contributed by atoms with van der Waals surface area (Å²) in [7, 11) is 0. The van der Waals surface area contributed by atoms with E-state index in [0.29, 0.717) is 0 Å². The second kappa shape index (κ2) is 15.6. The standard InChI is InChI=1S/C19H30N6O11/c20-8(1-4-12(21)26)16(32)23-9(2-5-14(28)29)17(33)24-10(3-6-15(30)31)18(34)25-11(19(35)36)7-13(22)27/h8-11H,1-7,20H2,(H2,21,26)(H2,22,27)(H,23,32)(H,24,33)(H,25,34)(H,28,29)(H,30,31)(H,35,36). The van der Waals surface area contributed by atoms with Crippen LogP contribution in [0.4, 0.5) is 0 Å². The fourth-order valence-corrected chi connectivity index (χ4v) is 2.73. The first kappa shape index (κ1) is 31.7. The molecule has 0 bridgehead atoms. The number of nitrogens with two attached hydrogens (primary N) is 3. The van der Waals surface area contributed by atoms with Gasteiger partial charge in [0.25, 0.3) is 0 Å². The van der Waals surface area contributed by atoms with Gasteiger partial charge in [-0.15, -0.1) is 0 Å². The van der Waals surface area contributed by atoms with Crippen molar-refractivity contribution in [1.29, 1.82) is 0 Å². The van der Waals surface area contributed by atoms with Crippen LogP contribution in [0.1, 0.15) is 44.9 Å². The Morgan fingerprint density at radius 3 is 1.36 bits per heavy atom. The Balaban J connectivity index is 5.64. The first-order valence-corrected chi connectivity index (χ1v) is 10.5. The van der Waals surface area contributed by atoms with Crippen molar-refractivity contribution in [2.24, 2.45) is 17.2 Å². The van der Waals surface area contributed by atoms with Crippen molar-refractivity contribution < 1.29 is 53.7 Å². The molecule has 17 heteroatoms. The molecule has 5 amide bonds. The summed E-state index contributed by atoms with van der Waals surface area (Å²) in [5.41, 5.74) is 15.6. The van der Waals surface area contributed by atoms with Gasteiger partial charge in [-0.2, -0.15) is 0 Å². The molecule has 0 rings (SSSR count). The summed E-state index contributed by atoms with van der Waals surface area (Å²) in [6, 6.07) is -6.25. The normalized spacial score (nSPS) is 13.8. The van der Waals surface area contributed by atoms with Crippen LogP contribution in [0, 0.1) is 0 Å². The maximum atomic E-state index is 12.8. The van der Waals surface area contributed by atoms with E-state index in [0.717, 1.165) is 0 Å². The zero-order valence-electron chi connectivity index (χ0n) is 19.1. The summed E-state index contributed by atoms with van der Waals surface area (Å²) < 4.78 is 0. The number of carbonyl (C=O) groups excluding carboxylic acids is 5. The molecule has 0 heterocycles. The number of amides is 5. The predicted molar refractivity (Wildman–Crippen MR) is 117 cm³/mol. The Morgan fingerprint density at radius 2 is 1.00 bits per heavy atom. The van der Waals surface area contributed by atoms with Crippen molar-refractivity contribution in [3.8, 4) is 0 Å². The van der Waals surface area contributed by atoms with E-state index in [4.69, 9.17) is 32.5 Å². The first-order chi connectivity index (χ1) is 16.6. The number of primary amides is 2. The number of hydrogen-bond donors (Lipinski definition) is 9. The monoisotopic (exact) mass is 518 g/mol. The van der Waals surface area contributed by atoms with E-state index in [1.54, 1.807) is 0 Å². The molecule has 0 saturated carbocycles. The lowest BCUT2D eigenvalue weighted by molar-refractivity contribution is -0.144. The van der Waals surface area contributed by atoms with E-state index in [9.17, 15) is 38.4 Å². The van der Waals surface area contributed by atoms with Gasteiger partial charge in [0.05, 0.1) is 12.5 Å². The van der Waals surface area contributed by atoms with Gasteiger partial charge in [-0.1, -0.05) is 0 Å². The minimum Gasteiger partial charge on any atom is -0.481 e. The van der Waals surface area contributed by atoms with Crippen LogP contribution in [-0.4, -0.2) is 86.9 Å². The van der Waals surface area contributed by atoms with Gasteiger partial charge in [-0.05, 0) is 19.3 Å². The summed E-state index contributed by atoms with van der Waals surface area (Å²) in [5.74, 6) is -9.29. The third-order valence-corrected chi connectivity index (χ3v) is 4.62. The van der Waals surface area contributed by atoms with E-state index < -0.39 is 104 Å². The lowest BCUT2D eigenvalue weighted by Gasteiger charge is -2.24. The van der Waals surface area contributed by atoms with Crippen molar-refractivity contribution in [3.63, 3.8) is 0 Å². The number of rotatable bonds is 18. The first-order valence-electron chi connectivity index (χ1n) is 10.5. The van der Waals surface area contributed by atoms with Crippen LogP contribution in [0.3, 0.4) is 0 Å². The number of carboxylic acid groups (broad SMARTS) is 3. The van der Waals surface area contributed by atoms with Crippen molar-refractivity contribution in [1.82, 2.24) is 16.0 Å². The quantitative estimate of drug-likeness (QED) is 0.0832. The molecule has 4 atom stereocenters. The van der Waals surface area contributed by atoms with Crippen molar-refractivity contribution in [2.75, 3.05) is 0 Å². The van der Waals surface area contributed by atoms with Crippen LogP contribution < -0.4 is 33.2 Å². The van der Waals surface area contributed by atoms with Gasteiger partial charge in [0.1, 0.15) is 18.1 Å². The smallest absolute Gasteiger partial charge is 0.326 e. The zero-order chi connectivity index (χ0) is 28.0. The maximum Gasteiger partial charge on any atom is 0.326 e. The maximum absolute atomic E-state index is 12.8.